The smallest absolute Gasteiger partial charge is 0.124 e. The minimum atomic E-state index is -0.210. The summed E-state index contributed by atoms with van der Waals surface area (Å²) in [5.74, 6) is 0.817. The highest BCUT2D eigenvalue weighted by atomic mass is 35.5. The number of benzene rings is 2. The van der Waals surface area contributed by atoms with Crippen LogP contribution in [-0.2, 0) is 0 Å². The summed E-state index contributed by atoms with van der Waals surface area (Å²) >= 11 is 5.88. The normalized spacial score (nSPS) is 12.2. The molecule has 2 rings (SSSR count). The summed E-state index contributed by atoms with van der Waals surface area (Å²) in [6, 6.07) is 13.4. The molecule has 0 aromatic heterocycles. The molecular weight excluding hydrogens is 246 g/mol. The van der Waals surface area contributed by atoms with Gasteiger partial charge in [-0.25, -0.2) is 0 Å². The summed E-state index contributed by atoms with van der Waals surface area (Å²) in [7, 11) is 1.66. The third-order valence-electron chi connectivity index (χ3n) is 2.95. The van der Waals surface area contributed by atoms with E-state index in [-0.39, 0.29) is 6.04 Å². The first-order valence-corrected chi connectivity index (χ1v) is 6.15. The summed E-state index contributed by atoms with van der Waals surface area (Å²) in [4.78, 5) is 0. The zero-order chi connectivity index (χ0) is 13.1. The van der Waals surface area contributed by atoms with Crippen molar-refractivity contribution in [3.63, 3.8) is 0 Å². The largest absolute Gasteiger partial charge is 0.496 e. The average molecular weight is 262 g/mol. The van der Waals surface area contributed by atoms with Crippen LogP contribution in [0.2, 0.25) is 5.02 Å². The van der Waals surface area contributed by atoms with Crippen molar-refractivity contribution in [1.29, 1.82) is 0 Å². The molecule has 2 aromatic carbocycles. The molecule has 0 saturated carbocycles. The van der Waals surface area contributed by atoms with Gasteiger partial charge in [-0.05, 0) is 36.2 Å². The van der Waals surface area contributed by atoms with Crippen LogP contribution in [0.5, 0.6) is 5.75 Å². The highest BCUT2D eigenvalue weighted by molar-refractivity contribution is 6.30. The van der Waals surface area contributed by atoms with E-state index in [2.05, 4.69) is 0 Å². The number of aryl methyl sites for hydroxylation is 1. The number of ether oxygens (including phenoxy) is 1. The molecule has 2 N–H and O–H groups in total. The summed E-state index contributed by atoms with van der Waals surface area (Å²) in [6.45, 7) is 2.03. The minimum absolute atomic E-state index is 0.210. The highest BCUT2D eigenvalue weighted by Gasteiger charge is 2.13. The van der Waals surface area contributed by atoms with Gasteiger partial charge in [0.1, 0.15) is 5.75 Å². The van der Waals surface area contributed by atoms with Gasteiger partial charge in [0.25, 0.3) is 0 Å². The maximum Gasteiger partial charge on any atom is 0.124 e. The van der Waals surface area contributed by atoms with Gasteiger partial charge in [0.15, 0.2) is 0 Å². The van der Waals surface area contributed by atoms with Crippen LogP contribution < -0.4 is 10.5 Å². The van der Waals surface area contributed by atoms with Crippen LogP contribution in [0.1, 0.15) is 22.7 Å². The van der Waals surface area contributed by atoms with Crippen molar-refractivity contribution in [3.8, 4) is 5.75 Å². The second-order valence-electron chi connectivity index (χ2n) is 4.27. The third kappa shape index (κ3) is 2.66. The van der Waals surface area contributed by atoms with Gasteiger partial charge in [-0.15, -0.1) is 0 Å². The number of halogens is 1. The molecule has 0 aliphatic carbocycles. The van der Waals surface area contributed by atoms with Gasteiger partial charge in [0, 0.05) is 10.6 Å². The van der Waals surface area contributed by atoms with Crippen LogP contribution in [0, 0.1) is 6.92 Å². The molecular formula is C15H16ClNO. The zero-order valence-electron chi connectivity index (χ0n) is 10.5. The van der Waals surface area contributed by atoms with Crippen LogP contribution >= 0.6 is 11.6 Å². The van der Waals surface area contributed by atoms with E-state index in [0.29, 0.717) is 5.02 Å². The van der Waals surface area contributed by atoms with E-state index in [9.17, 15) is 0 Å². The highest BCUT2D eigenvalue weighted by Crippen LogP contribution is 2.29. The van der Waals surface area contributed by atoms with Gasteiger partial charge in [-0.1, -0.05) is 35.9 Å². The lowest BCUT2D eigenvalue weighted by atomic mass is 9.98. The molecule has 0 aliphatic rings. The van der Waals surface area contributed by atoms with Crippen molar-refractivity contribution in [2.24, 2.45) is 5.73 Å². The summed E-state index contributed by atoms with van der Waals surface area (Å²) in [6.07, 6.45) is 0. The van der Waals surface area contributed by atoms with Crippen molar-refractivity contribution in [3.05, 3.63) is 64.2 Å². The maximum atomic E-state index is 6.27. The zero-order valence-corrected chi connectivity index (χ0v) is 11.2. The quantitative estimate of drug-likeness (QED) is 0.914. The molecule has 1 unspecified atom stereocenters. The first kappa shape index (κ1) is 12.9. The fourth-order valence-corrected chi connectivity index (χ4v) is 2.05. The minimum Gasteiger partial charge on any atom is -0.496 e. The van der Waals surface area contributed by atoms with Gasteiger partial charge < -0.3 is 10.5 Å². The summed E-state index contributed by atoms with van der Waals surface area (Å²) in [5, 5.41) is 0.710. The Bertz CT molecular complexity index is 537. The molecule has 94 valence electrons. The Kier molecular flexibility index (Phi) is 3.90. The number of hydrogen-bond donors (Lipinski definition) is 1. The van der Waals surface area contributed by atoms with Crippen LogP contribution in [0.3, 0.4) is 0 Å². The maximum absolute atomic E-state index is 6.27. The Morgan fingerprint density at radius 3 is 2.39 bits per heavy atom. The molecule has 0 spiro atoms. The predicted octanol–water partition coefficient (Wildman–Crippen LogP) is 3.71. The van der Waals surface area contributed by atoms with E-state index in [1.165, 1.54) is 0 Å². The van der Waals surface area contributed by atoms with Crippen molar-refractivity contribution >= 4 is 11.6 Å². The SMILES string of the molecule is COc1cc(C)ccc1C(N)c1ccc(Cl)cc1. The van der Waals surface area contributed by atoms with Crippen molar-refractivity contribution in [2.45, 2.75) is 13.0 Å². The molecule has 2 aromatic rings. The Morgan fingerprint density at radius 1 is 1.11 bits per heavy atom. The Labute approximate surface area is 112 Å². The molecule has 1 atom stereocenters. The lowest BCUT2D eigenvalue weighted by molar-refractivity contribution is 0.407. The molecule has 0 aliphatic heterocycles. The average Bonchev–Trinajstić information content (AvgIpc) is 2.38. The van der Waals surface area contributed by atoms with E-state index in [4.69, 9.17) is 22.1 Å². The van der Waals surface area contributed by atoms with Gasteiger partial charge in [0.05, 0.1) is 13.2 Å². The van der Waals surface area contributed by atoms with E-state index < -0.39 is 0 Å². The molecule has 3 heteroatoms. The van der Waals surface area contributed by atoms with Gasteiger partial charge in [-0.2, -0.15) is 0 Å². The monoisotopic (exact) mass is 261 g/mol. The fourth-order valence-electron chi connectivity index (χ4n) is 1.92. The van der Waals surface area contributed by atoms with E-state index in [1.807, 2.05) is 49.4 Å². The Hall–Kier alpha value is -1.51. The number of nitrogens with two attached hydrogens (primary N) is 1. The molecule has 2 nitrogen and oxygen atoms in total. The Balaban J connectivity index is 2.39. The summed E-state index contributed by atoms with van der Waals surface area (Å²) in [5.41, 5.74) is 9.41. The van der Waals surface area contributed by atoms with Gasteiger partial charge in [-0.3, -0.25) is 0 Å². The van der Waals surface area contributed by atoms with Crippen LogP contribution in [-0.4, -0.2) is 7.11 Å². The van der Waals surface area contributed by atoms with Gasteiger partial charge >= 0.3 is 0 Å². The predicted molar refractivity (Wildman–Crippen MR) is 75.2 cm³/mol. The van der Waals surface area contributed by atoms with Gasteiger partial charge in [0.2, 0.25) is 0 Å². The molecule has 18 heavy (non-hydrogen) atoms. The lowest BCUT2D eigenvalue weighted by Gasteiger charge is -2.16. The van der Waals surface area contributed by atoms with Crippen LogP contribution in [0.15, 0.2) is 42.5 Å². The van der Waals surface area contributed by atoms with Crippen molar-refractivity contribution in [1.82, 2.24) is 0 Å². The van der Waals surface area contributed by atoms with Crippen molar-refractivity contribution < 1.29 is 4.74 Å². The molecule has 0 heterocycles. The molecule has 0 fully saturated rings. The molecule has 0 bridgehead atoms. The van der Waals surface area contributed by atoms with Crippen LogP contribution in [0.25, 0.3) is 0 Å². The topological polar surface area (TPSA) is 35.2 Å². The number of methoxy groups -OCH3 is 1. The van der Waals surface area contributed by atoms with E-state index >= 15 is 0 Å². The third-order valence-corrected chi connectivity index (χ3v) is 3.21. The first-order chi connectivity index (χ1) is 8.61. The lowest BCUT2D eigenvalue weighted by Crippen LogP contribution is -2.13. The number of hydrogen-bond acceptors (Lipinski definition) is 2. The van der Waals surface area contributed by atoms with Crippen LogP contribution in [0.4, 0.5) is 0 Å². The fraction of sp³-hybridized carbons (Fsp3) is 0.200. The standard InChI is InChI=1S/C15H16ClNO/c1-10-3-8-13(14(9-10)18-2)15(17)11-4-6-12(16)7-5-11/h3-9,15H,17H2,1-2H3. The van der Waals surface area contributed by atoms with E-state index in [0.717, 1.165) is 22.4 Å². The summed E-state index contributed by atoms with van der Waals surface area (Å²) < 4.78 is 5.39. The molecule has 0 radical (unpaired) electrons. The van der Waals surface area contributed by atoms with E-state index in [1.54, 1.807) is 7.11 Å². The second-order valence-corrected chi connectivity index (χ2v) is 4.71. The number of rotatable bonds is 3. The second kappa shape index (κ2) is 5.42. The first-order valence-electron chi connectivity index (χ1n) is 5.77. The Morgan fingerprint density at radius 2 is 1.78 bits per heavy atom. The molecule has 0 saturated heterocycles. The molecule has 0 amide bonds. The van der Waals surface area contributed by atoms with Crippen molar-refractivity contribution in [2.75, 3.05) is 7.11 Å².